The quantitative estimate of drug-likeness (QED) is 0.502. The molecule has 0 saturated carbocycles. The summed E-state index contributed by atoms with van der Waals surface area (Å²) in [5.74, 6) is -0.276. The monoisotopic (exact) mass is 439 g/mol. The number of hydrogen-bond donors (Lipinski definition) is 1. The molecular weight excluding hydrogens is 418 g/mol. The van der Waals surface area contributed by atoms with Crippen LogP contribution in [0.25, 0.3) is 0 Å². The number of rotatable bonds is 8. The van der Waals surface area contributed by atoms with E-state index in [0.717, 1.165) is 5.56 Å². The zero-order chi connectivity index (χ0) is 22.2. The van der Waals surface area contributed by atoms with Crippen molar-refractivity contribution < 1.29 is 23.8 Å². The van der Waals surface area contributed by atoms with Crippen LogP contribution in [0, 0.1) is 6.92 Å². The maximum absolute atomic E-state index is 13.0. The summed E-state index contributed by atoms with van der Waals surface area (Å²) in [6.45, 7) is 1.53. The van der Waals surface area contributed by atoms with Crippen LogP contribution in [-0.4, -0.2) is 25.6 Å². The van der Waals surface area contributed by atoms with E-state index in [1.54, 1.807) is 60.7 Å². The first kappa shape index (κ1) is 22.2. The van der Waals surface area contributed by atoms with Gasteiger partial charge in [0, 0.05) is 10.6 Å². The first-order chi connectivity index (χ1) is 15.0. The molecule has 0 heterocycles. The summed E-state index contributed by atoms with van der Waals surface area (Å²) in [6.07, 6.45) is -1.16. The average molecular weight is 440 g/mol. The molecule has 3 aromatic carbocycles. The lowest BCUT2D eigenvalue weighted by Crippen LogP contribution is -2.28. The molecule has 6 nitrogen and oxygen atoms in total. The molecule has 1 atom stereocenters. The van der Waals surface area contributed by atoms with E-state index in [-0.39, 0.29) is 6.61 Å². The van der Waals surface area contributed by atoms with Crippen molar-refractivity contribution >= 4 is 29.2 Å². The Morgan fingerprint density at radius 1 is 1.00 bits per heavy atom. The van der Waals surface area contributed by atoms with E-state index >= 15 is 0 Å². The van der Waals surface area contributed by atoms with Gasteiger partial charge < -0.3 is 19.5 Å². The minimum atomic E-state index is -1.16. The van der Waals surface area contributed by atoms with Crippen LogP contribution in [0.5, 0.6) is 11.5 Å². The van der Waals surface area contributed by atoms with Crippen LogP contribution < -0.4 is 14.8 Å². The molecule has 0 saturated heterocycles. The molecule has 0 aliphatic heterocycles. The lowest BCUT2D eigenvalue weighted by atomic mass is 10.1. The minimum absolute atomic E-state index is 0.370. The molecular formula is C24H22ClNO5. The number of ether oxygens (including phenoxy) is 3. The Labute approximate surface area is 185 Å². The van der Waals surface area contributed by atoms with Crippen molar-refractivity contribution in [2.45, 2.75) is 13.0 Å². The maximum Gasteiger partial charge on any atom is 0.345 e. The Morgan fingerprint density at radius 3 is 2.48 bits per heavy atom. The highest BCUT2D eigenvalue weighted by molar-refractivity contribution is 6.30. The molecule has 0 spiro atoms. The topological polar surface area (TPSA) is 73.9 Å². The van der Waals surface area contributed by atoms with Crippen LogP contribution in [-0.2, 0) is 14.3 Å². The predicted molar refractivity (Wildman–Crippen MR) is 119 cm³/mol. The molecule has 0 aromatic heterocycles. The SMILES string of the molecule is COc1ccc(C)cc1NC(=O)C(OC(=O)COc1cccc(Cl)c1)c1ccccc1. The zero-order valence-electron chi connectivity index (χ0n) is 17.1. The van der Waals surface area contributed by atoms with Crippen molar-refractivity contribution in [1.29, 1.82) is 0 Å². The van der Waals surface area contributed by atoms with Crippen molar-refractivity contribution in [3.8, 4) is 11.5 Å². The number of nitrogens with one attached hydrogen (secondary N) is 1. The standard InChI is InChI=1S/C24H22ClNO5/c1-16-11-12-21(29-2)20(13-16)26-24(28)23(17-7-4-3-5-8-17)31-22(27)15-30-19-10-6-9-18(25)14-19/h3-14,23H,15H2,1-2H3,(H,26,28). The minimum Gasteiger partial charge on any atom is -0.495 e. The average Bonchev–Trinajstić information content (AvgIpc) is 2.77. The largest absolute Gasteiger partial charge is 0.495 e. The van der Waals surface area contributed by atoms with Crippen LogP contribution in [0.2, 0.25) is 5.02 Å². The highest BCUT2D eigenvalue weighted by Crippen LogP contribution is 2.28. The van der Waals surface area contributed by atoms with Gasteiger partial charge >= 0.3 is 5.97 Å². The van der Waals surface area contributed by atoms with Crippen molar-refractivity contribution in [2.75, 3.05) is 19.0 Å². The Balaban J connectivity index is 1.75. The molecule has 1 N–H and O–H groups in total. The fourth-order valence-electron chi connectivity index (χ4n) is 2.88. The van der Waals surface area contributed by atoms with Gasteiger partial charge in [-0.3, -0.25) is 4.79 Å². The van der Waals surface area contributed by atoms with Gasteiger partial charge in [-0.05, 0) is 42.8 Å². The molecule has 7 heteroatoms. The van der Waals surface area contributed by atoms with Crippen LogP contribution in [0.3, 0.4) is 0 Å². The third-order valence-electron chi connectivity index (χ3n) is 4.36. The summed E-state index contributed by atoms with van der Waals surface area (Å²) in [5, 5.41) is 3.27. The Hall–Kier alpha value is -3.51. The van der Waals surface area contributed by atoms with Gasteiger partial charge in [0.2, 0.25) is 6.10 Å². The maximum atomic E-state index is 13.0. The van der Waals surface area contributed by atoms with Crippen LogP contribution in [0.1, 0.15) is 17.2 Å². The molecule has 1 amide bonds. The number of carbonyl (C=O) groups excluding carboxylic acids is 2. The molecule has 0 radical (unpaired) electrons. The second kappa shape index (κ2) is 10.5. The van der Waals surface area contributed by atoms with Gasteiger partial charge in [0.1, 0.15) is 11.5 Å². The van der Waals surface area contributed by atoms with Gasteiger partial charge in [-0.15, -0.1) is 0 Å². The number of hydrogen-bond acceptors (Lipinski definition) is 5. The number of carbonyl (C=O) groups is 2. The molecule has 0 aliphatic carbocycles. The van der Waals surface area contributed by atoms with Gasteiger partial charge in [0.05, 0.1) is 12.8 Å². The summed E-state index contributed by atoms with van der Waals surface area (Å²) in [5.41, 5.74) is 1.96. The van der Waals surface area contributed by atoms with E-state index in [0.29, 0.717) is 27.8 Å². The summed E-state index contributed by atoms with van der Waals surface area (Å²) in [6, 6.07) is 20.8. The first-order valence-electron chi connectivity index (χ1n) is 9.54. The molecule has 3 aromatic rings. The number of anilines is 1. The Bertz CT molecular complexity index is 1050. The number of methoxy groups -OCH3 is 1. The van der Waals surface area contributed by atoms with Gasteiger partial charge in [-0.25, -0.2) is 4.79 Å². The highest BCUT2D eigenvalue weighted by Gasteiger charge is 2.26. The zero-order valence-corrected chi connectivity index (χ0v) is 17.9. The fraction of sp³-hybridized carbons (Fsp3) is 0.167. The molecule has 160 valence electrons. The van der Waals surface area contributed by atoms with E-state index in [9.17, 15) is 9.59 Å². The predicted octanol–water partition coefficient (Wildman–Crippen LogP) is 4.96. The second-order valence-corrected chi connectivity index (χ2v) is 7.16. The number of benzene rings is 3. The first-order valence-corrected chi connectivity index (χ1v) is 9.92. The molecule has 1 unspecified atom stereocenters. The van der Waals surface area contributed by atoms with Crippen LogP contribution >= 0.6 is 11.6 Å². The summed E-state index contributed by atoms with van der Waals surface area (Å²) in [7, 11) is 1.52. The second-order valence-electron chi connectivity index (χ2n) is 6.72. The third kappa shape index (κ3) is 6.23. The van der Waals surface area contributed by atoms with Crippen molar-refractivity contribution in [1.82, 2.24) is 0 Å². The van der Waals surface area contributed by atoms with E-state index in [4.69, 9.17) is 25.8 Å². The van der Waals surface area contributed by atoms with E-state index in [2.05, 4.69) is 5.32 Å². The molecule has 0 fully saturated rings. The molecule has 0 bridgehead atoms. The van der Waals surface area contributed by atoms with Gasteiger partial charge in [-0.1, -0.05) is 54.1 Å². The van der Waals surface area contributed by atoms with Crippen LogP contribution in [0.15, 0.2) is 72.8 Å². The summed E-state index contributed by atoms with van der Waals surface area (Å²) >= 11 is 5.92. The number of amides is 1. The Morgan fingerprint density at radius 2 is 1.77 bits per heavy atom. The fourth-order valence-corrected chi connectivity index (χ4v) is 3.06. The van der Waals surface area contributed by atoms with Crippen molar-refractivity contribution in [3.05, 3.63) is 88.9 Å². The lowest BCUT2D eigenvalue weighted by Gasteiger charge is -2.19. The number of aryl methyl sites for hydroxylation is 1. The summed E-state index contributed by atoms with van der Waals surface area (Å²) in [4.78, 5) is 25.5. The third-order valence-corrected chi connectivity index (χ3v) is 4.59. The smallest absolute Gasteiger partial charge is 0.345 e. The van der Waals surface area contributed by atoms with E-state index in [1.807, 2.05) is 19.1 Å². The van der Waals surface area contributed by atoms with Gasteiger partial charge in [0.25, 0.3) is 5.91 Å². The normalized spacial score (nSPS) is 11.3. The van der Waals surface area contributed by atoms with E-state index < -0.39 is 18.0 Å². The van der Waals surface area contributed by atoms with E-state index in [1.165, 1.54) is 7.11 Å². The molecule has 3 rings (SSSR count). The highest BCUT2D eigenvalue weighted by atomic mass is 35.5. The van der Waals surface area contributed by atoms with Crippen LogP contribution in [0.4, 0.5) is 5.69 Å². The number of esters is 1. The summed E-state index contributed by atoms with van der Waals surface area (Å²) < 4.78 is 16.2. The van der Waals surface area contributed by atoms with Gasteiger partial charge in [-0.2, -0.15) is 0 Å². The van der Waals surface area contributed by atoms with Gasteiger partial charge in [0.15, 0.2) is 6.61 Å². The van der Waals surface area contributed by atoms with Crippen molar-refractivity contribution in [3.63, 3.8) is 0 Å². The lowest BCUT2D eigenvalue weighted by molar-refractivity contribution is -0.156. The number of halogens is 1. The Kier molecular flexibility index (Phi) is 7.51. The molecule has 31 heavy (non-hydrogen) atoms. The van der Waals surface area contributed by atoms with Crippen molar-refractivity contribution in [2.24, 2.45) is 0 Å². The molecule has 0 aliphatic rings.